The molecule has 0 aliphatic heterocycles. The average Bonchev–Trinajstić information content (AvgIpc) is 3.20. The molecule has 31 heavy (non-hydrogen) atoms. The van der Waals surface area contributed by atoms with Gasteiger partial charge in [-0.3, -0.25) is 9.78 Å². The number of carbonyl (C=O) groups excluding carboxylic acids is 1. The molecule has 5 nitrogen and oxygen atoms in total. The van der Waals surface area contributed by atoms with Crippen molar-refractivity contribution < 1.29 is 4.79 Å². The Bertz CT molecular complexity index is 1220. The molecule has 0 atom stereocenters. The summed E-state index contributed by atoms with van der Waals surface area (Å²) in [6, 6.07) is 14.4. The highest BCUT2D eigenvalue weighted by Gasteiger charge is 2.28. The first-order valence-corrected chi connectivity index (χ1v) is 11.7. The van der Waals surface area contributed by atoms with Gasteiger partial charge in [0.05, 0.1) is 10.4 Å². The number of nitrogens with two attached hydrogens (primary N) is 1. The minimum Gasteiger partial charge on any atom is -0.365 e. The minimum atomic E-state index is -0.327. The van der Waals surface area contributed by atoms with E-state index >= 15 is 0 Å². The lowest BCUT2D eigenvalue weighted by molar-refractivity contribution is 0.100. The molecule has 3 aromatic heterocycles. The standard InChI is InChI=1S/C25H26N4OS/c26-24(30)23-22(20-5-3-12-29-25(20)31-23)17-9-7-16(8-10-17)14-27-15-18-11-13-28-21-6-2-1-4-19(18)21/h1-6,11-13,16-17,27H,7-10,14-15H2,(H2,26,30). The van der Waals surface area contributed by atoms with Gasteiger partial charge in [0.1, 0.15) is 4.83 Å². The summed E-state index contributed by atoms with van der Waals surface area (Å²) in [4.78, 5) is 22.6. The van der Waals surface area contributed by atoms with Crippen LogP contribution in [0.3, 0.4) is 0 Å². The van der Waals surface area contributed by atoms with Crippen LogP contribution in [-0.4, -0.2) is 22.4 Å². The highest BCUT2D eigenvalue weighted by atomic mass is 32.1. The van der Waals surface area contributed by atoms with E-state index in [9.17, 15) is 4.79 Å². The van der Waals surface area contributed by atoms with E-state index < -0.39 is 0 Å². The quantitative estimate of drug-likeness (QED) is 0.451. The number of benzene rings is 1. The van der Waals surface area contributed by atoms with Crippen LogP contribution in [0.4, 0.5) is 0 Å². The molecule has 0 spiro atoms. The van der Waals surface area contributed by atoms with Gasteiger partial charge in [0.2, 0.25) is 0 Å². The molecule has 5 rings (SSSR count). The third kappa shape index (κ3) is 4.05. The summed E-state index contributed by atoms with van der Waals surface area (Å²) < 4.78 is 0. The van der Waals surface area contributed by atoms with E-state index in [1.54, 1.807) is 6.20 Å². The zero-order valence-electron chi connectivity index (χ0n) is 17.4. The summed E-state index contributed by atoms with van der Waals surface area (Å²) in [6.45, 7) is 1.87. The first kappa shape index (κ1) is 20.1. The van der Waals surface area contributed by atoms with Gasteiger partial charge in [0, 0.05) is 29.7 Å². The molecule has 1 fully saturated rings. The van der Waals surface area contributed by atoms with Gasteiger partial charge < -0.3 is 11.1 Å². The van der Waals surface area contributed by atoms with Crippen molar-refractivity contribution in [2.45, 2.75) is 38.1 Å². The zero-order valence-corrected chi connectivity index (χ0v) is 18.2. The van der Waals surface area contributed by atoms with Crippen LogP contribution in [0.25, 0.3) is 21.1 Å². The van der Waals surface area contributed by atoms with Gasteiger partial charge in [-0.15, -0.1) is 11.3 Å². The van der Waals surface area contributed by atoms with E-state index in [-0.39, 0.29) is 5.91 Å². The van der Waals surface area contributed by atoms with Crippen molar-refractivity contribution in [3.05, 3.63) is 70.9 Å². The first-order chi connectivity index (χ1) is 15.2. The Balaban J connectivity index is 1.22. The number of primary amides is 1. The smallest absolute Gasteiger partial charge is 0.259 e. The summed E-state index contributed by atoms with van der Waals surface area (Å²) >= 11 is 1.44. The van der Waals surface area contributed by atoms with Crippen LogP contribution in [0, 0.1) is 5.92 Å². The van der Waals surface area contributed by atoms with Crippen molar-refractivity contribution in [3.8, 4) is 0 Å². The van der Waals surface area contributed by atoms with Crippen LogP contribution in [0.5, 0.6) is 0 Å². The number of hydrogen-bond donors (Lipinski definition) is 2. The first-order valence-electron chi connectivity index (χ1n) is 10.9. The lowest BCUT2D eigenvalue weighted by Crippen LogP contribution is -2.26. The summed E-state index contributed by atoms with van der Waals surface area (Å²) in [5.74, 6) is 0.719. The van der Waals surface area contributed by atoms with Crippen molar-refractivity contribution in [2.24, 2.45) is 11.7 Å². The van der Waals surface area contributed by atoms with Gasteiger partial charge in [-0.05, 0) is 73.4 Å². The fourth-order valence-electron chi connectivity index (χ4n) is 4.91. The van der Waals surface area contributed by atoms with E-state index in [0.717, 1.165) is 60.1 Å². The molecule has 1 aliphatic rings. The van der Waals surface area contributed by atoms with E-state index in [0.29, 0.717) is 16.7 Å². The van der Waals surface area contributed by atoms with Crippen LogP contribution in [0.15, 0.2) is 54.9 Å². The lowest BCUT2D eigenvalue weighted by atomic mass is 9.78. The Morgan fingerprint density at radius 2 is 1.81 bits per heavy atom. The summed E-state index contributed by atoms with van der Waals surface area (Å²) in [6.07, 6.45) is 8.16. The Labute approximate surface area is 185 Å². The maximum absolute atomic E-state index is 12.1. The zero-order chi connectivity index (χ0) is 21.2. The van der Waals surface area contributed by atoms with Crippen molar-refractivity contribution >= 4 is 38.4 Å². The Morgan fingerprint density at radius 3 is 2.65 bits per heavy atom. The SMILES string of the molecule is NC(=O)c1sc2ncccc2c1C1CCC(CNCc2ccnc3ccccc23)CC1. The molecule has 0 bridgehead atoms. The third-order valence-electron chi connectivity index (χ3n) is 6.47. The average molecular weight is 431 g/mol. The van der Waals surface area contributed by atoms with Crippen molar-refractivity contribution in [2.75, 3.05) is 6.54 Å². The van der Waals surface area contributed by atoms with Crippen molar-refractivity contribution in [1.82, 2.24) is 15.3 Å². The molecule has 158 valence electrons. The monoisotopic (exact) mass is 430 g/mol. The Kier molecular flexibility index (Phi) is 5.66. The molecule has 0 radical (unpaired) electrons. The molecule has 1 amide bonds. The fraction of sp³-hybridized carbons (Fsp3) is 0.320. The number of thiophene rings is 1. The van der Waals surface area contributed by atoms with Gasteiger partial charge in [0.15, 0.2) is 0 Å². The molecule has 0 saturated heterocycles. The predicted octanol–water partition coefficient (Wildman–Crippen LogP) is 5.01. The number of aromatic nitrogens is 2. The van der Waals surface area contributed by atoms with Gasteiger partial charge in [0.25, 0.3) is 5.91 Å². The van der Waals surface area contributed by atoms with Crippen LogP contribution >= 0.6 is 11.3 Å². The highest BCUT2D eigenvalue weighted by Crippen LogP contribution is 2.43. The van der Waals surface area contributed by atoms with Crippen LogP contribution in [0.1, 0.15) is 52.4 Å². The number of para-hydroxylation sites is 1. The van der Waals surface area contributed by atoms with Crippen LogP contribution in [-0.2, 0) is 6.54 Å². The number of rotatable bonds is 6. The highest BCUT2D eigenvalue weighted by molar-refractivity contribution is 7.20. The topological polar surface area (TPSA) is 80.9 Å². The van der Waals surface area contributed by atoms with Gasteiger partial charge >= 0.3 is 0 Å². The van der Waals surface area contributed by atoms with Crippen molar-refractivity contribution in [1.29, 1.82) is 0 Å². The Morgan fingerprint density at radius 1 is 1.00 bits per heavy atom. The normalized spacial score (nSPS) is 19.1. The number of nitrogens with one attached hydrogen (secondary N) is 1. The van der Waals surface area contributed by atoms with Gasteiger partial charge in [-0.2, -0.15) is 0 Å². The second kappa shape index (κ2) is 8.73. The maximum Gasteiger partial charge on any atom is 0.259 e. The van der Waals surface area contributed by atoms with Crippen LogP contribution in [0.2, 0.25) is 0 Å². The second-order valence-corrected chi connectivity index (χ2v) is 9.40. The number of hydrogen-bond acceptors (Lipinski definition) is 5. The molecule has 0 unspecified atom stereocenters. The van der Waals surface area contributed by atoms with Crippen molar-refractivity contribution in [3.63, 3.8) is 0 Å². The number of nitrogens with zero attached hydrogens (tertiary/aromatic N) is 2. The molecule has 1 saturated carbocycles. The fourth-order valence-corrected chi connectivity index (χ4v) is 6.00. The van der Waals surface area contributed by atoms with E-state index in [1.807, 2.05) is 18.3 Å². The summed E-state index contributed by atoms with van der Waals surface area (Å²) in [5, 5.41) is 5.99. The van der Waals surface area contributed by atoms with E-state index in [2.05, 4.69) is 45.6 Å². The summed E-state index contributed by atoms with van der Waals surface area (Å²) in [7, 11) is 0. The number of pyridine rings is 2. The molecule has 3 N–H and O–H groups in total. The maximum atomic E-state index is 12.1. The lowest BCUT2D eigenvalue weighted by Gasteiger charge is -2.29. The van der Waals surface area contributed by atoms with Gasteiger partial charge in [-0.25, -0.2) is 4.98 Å². The molecule has 4 aromatic rings. The molecule has 1 aromatic carbocycles. The molecular weight excluding hydrogens is 404 g/mol. The van der Waals surface area contributed by atoms with E-state index in [4.69, 9.17) is 5.73 Å². The molecule has 1 aliphatic carbocycles. The third-order valence-corrected chi connectivity index (χ3v) is 7.62. The number of fused-ring (bicyclic) bond motifs is 2. The van der Waals surface area contributed by atoms with Crippen LogP contribution < -0.4 is 11.1 Å². The second-order valence-electron chi connectivity index (χ2n) is 8.40. The number of carbonyl (C=O) groups is 1. The predicted molar refractivity (Wildman–Crippen MR) is 126 cm³/mol. The van der Waals surface area contributed by atoms with E-state index in [1.165, 1.54) is 22.3 Å². The largest absolute Gasteiger partial charge is 0.365 e. The Hall–Kier alpha value is -2.83. The molecule has 3 heterocycles. The molecule has 6 heteroatoms. The molecular formula is C25H26N4OS. The number of amides is 1. The minimum absolute atomic E-state index is 0.327. The summed E-state index contributed by atoms with van der Waals surface area (Å²) in [5.41, 5.74) is 9.18. The van der Waals surface area contributed by atoms with Gasteiger partial charge in [-0.1, -0.05) is 24.3 Å².